The van der Waals surface area contributed by atoms with Crippen molar-refractivity contribution in [1.29, 1.82) is 5.26 Å². The van der Waals surface area contributed by atoms with Crippen LogP contribution in [0.3, 0.4) is 0 Å². The predicted octanol–water partition coefficient (Wildman–Crippen LogP) is 3.75. The van der Waals surface area contributed by atoms with Crippen molar-refractivity contribution in [2.45, 2.75) is 25.2 Å². The summed E-state index contributed by atoms with van der Waals surface area (Å²) in [6.07, 6.45) is 2.66. The van der Waals surface area contributed by atoms with E-state index in [1.54, 1.807) is 31.4 Å². The Labute approximate surface area is 197 Å². The number of H-pyrrole nitrogens is 1. The molecule has 0 amide bonds. The molecule has 8 nitrogen and oxygen atoms in total. The fourth-order valence-corrected chi connectivity index (χ4v) is 3.54. The number of aromatic nitrogens is 4. The monoisotopic (exact) mass is 484 g/mol. The molecule has 0 saturated heterocycles. The van der Waals surface area contributed by atoms with Gasteiger partial charge in [-0.05, 0) is 23.8 Å². The molecule has 0 unspecified atom stereocenters. The molecule has 1 aliphatic rings. The maximum absolute atomic E-state index is 13.4. The van der Waals surface area contributed by atoms with Gasteiger partial charge in [0.15, 0.2) is 0 Å². The third-order valence-corrected chi connectivity index (χ3v) is 5.52. The standard InChI is InChI=1S/C23H19ClF2N6O2/c1-32-20(5-13(9-27)21(6-14(24)8-25)34-22-7-18(22)26)17(11-29-32)12-2-3-15-16(4-12)19(10-28)30-31-23(15)33/h2-6,8,11,18,22H,7,10,28H2,1H3,(H,31,33)/b13-5+,14-8-,21-6+/t18-,22+/m0/s1. The fourth-order valence-electron chi connectivity index (χ4n) is 3.44. The van der Waals surface area contributed by atoms with Crippen LogP contribution in [0.5, 0.6) is 0 Å². The van der Waals surface area contributed by atoms with Crippen LogP contribution in [-0.4, -0.2) is 32.3 Å². The number of nitriles is 1. The summed E-state index contributed by atoms with van der Waals surface area (Å²) < 4.78 is 33.4. The Balaban J connectivity index is 1.83. The summed E-state index contributed by atoms with van der Waals surface area (Å²) in [6.45, 7) is 0.125. The molecule has 2 heterocycles. The molecule has 0 bridgehead atoms. The Morgan fingerprint density at radius 2 is 2.24 bits per heavy atom. The number of ether oxygens (including phenoxy) is 1. The lowest BCUT2D eigenvalue weighted by atomic mass is 10.0. The number of rotatable bonds is 7. The minimum atomic E-state index is -1.16. The number of fused-ring (bicyclic) bond motifs is 1. The minimum absolute atomic E-state index is 0.00509. The van der Waals surface area contributed by atoms with Gasteiger partial charge in [-0.25, -0.2) is 13.9 Å². The molecule has 2 aromatic heterocycles. The summed E-state index contributed by atoms with van der Waals surface area (Å²) in [5.74, 6) is -0.0571. The quantitative estimate of drug-likeness (QED) is 0.299. The largest absolute Gasteiger partial charge is 0.486 e. The molecule has 2 atom stereocenters. The summed E-state index contributed by atoms with van der Waals surface area (Å²) >= 11 is 5.78. The van der Waals surface area contributed by atoms with Gasteiger partial charge in [-0.3, -0.25) is 9.48 Å². The second kappa shape index (κ2) is 9.59. The second-order valence-electron chi connectivity index (χ2n) is 7.61. The number of benzene rings is 1. The molecule has 0 spiro atoms. The SMILES string of the molecule is Cn1ncc(-c2ccc3c(=O)[nH]nc(CN)c3c2)c1/C=C(C#N)/C(=C\C(Cl)=C\F)O[C@@H]1C[C@@H]1F. The molecule has 0 radical (unpaired) electrons. The smallest absolute Gasteiger partial charge is 0.272 e. The lowest BCUT2D eigenvalue weighted by molar-refractivity contribution is 0.179. The first-order valence-corrected chi connectivity index (χ1v) is 10.6. The molecule has 4 rings (SSSR count). The average molecular weight is 485 g/mol. The molecule has 1 aromatic carbocycles. The highest BCUT2D eigenvalue weighted by Crippen LogP contribution is 2.35. The van der Waals surface area contributed by atoms with Gasteiger partial charge in [-0.1, -0.05) is 17.7 Å². The van der Waals surface area contributed by atoms with E-state index < -0.39 is 12.3 Å². The number of alkyl halides is 1. The molecule has 0 aliphatic heterocycles. The summed E-state index contributed by atoms with van der Waals surface area (Å²) in [7, 11) is 1.68. The van der Waals surface area contributed by atoms with Crippen LogP contribution in [0.4, 0.5) is 8.78 Å². The van der Waals surface area contributed by atoms with Gasteiger partial charge in [-0.15, -0.1) is 0 Å². The number of hydrogen-bond acceptors (Lipinski definition) is 6. The molecular weight excluding hydrogens is 466 g/mol. The Kier molecular flexibility index (Phi) is 6.58. The number of allylic oxidation sites excluding steroid dienone is 3. The van der Waals surface area contributed by atoms with Crippen molar-refractivity contribution in [2.24, 2.45) is 12.8 Å². The highest BCUT2D eigenvalue weighted by atomic mass is 35.5. The van der Waals surface area contributed by atoms with E-state index in [4.69, 9.17) is 22.1 Å². The highest BCUT2D eigenvalue weighted by molar-refractivity contribution is 6.31. The lowest BCUT2D eigenvalue weighted by Crippen LogP contribution is -2.13. The van der Waals surface area contributed by atoms with Crippen molar-refractivity contribution in [2.75, 3.05) is 0 Å². The molecular formula is C23H19ClF2N6O2. The average Bonchev–Trinajstić information content (AvgIpc) is 3.41. The van der Waals surface area contributed by atoms with Crippen LogP contribution < -0.4 is 11.3 Å². The number of aryl methyl sites for hydroxylation is 1. The molecule has 11 heteroatoms. The van der Waals surface area contributed by atoms with Crippen LogP contribution in [0, 0.1) is 11.3 Å². The van der Waals surface area contributed by atoms with Crippen LogP contribution in [0.1, 0.15) is 17.8 Å². The van der Waals surface area contributed by atoms with Crippen LogP contribution in [0.15, 0.2) is 58.0 Å². The van der Waals surface area contributed by atoms with E-state index in [1.807, 2.05) is 6.07 Å². The molecule has 3 N–H and O–H groups in total. The molecule has 3 aromatic rings. The highest BCUT2D eigenvalue weighted by Gasteiger charge is 2.41. The van der Waals surface area contributed by atoms with Gasteiger partial charge in [-0.2, -0.15) is 15.5 Å². The van der Waals surface area contributed by atoms with Crippen molar-refractivity contribution in [3.05, 3.63) is 74.9 Å². The summed E-state index contributed by atoms with van der Waals surface area (Å²) in [5.41, 5.74) is 7.82. The van der Waals surface area contributed by atoms with Gasteiger partial charge in [0.1, 0.15) is 30.4 Å². The molecule has 1 saturated carbocycles. The molecule has 174 valence electrons. The molecule has 1 fully saturated rings. The first-order valence-electron chi connectivity index (χ1n) is 10.2. The number of aromatic amines is 1. The predicted molar refractivity (Wildman–Crippen MR) is 124 cm³/mol. The number of nitrogens with one attached hydrogen (secondary N) is 1. The third kappa shape index (κ3) is 4.62. The summed E-state index contributed by atoms with van der Waals surface area (Å²) in [4.78, 5) is 12.1. The van der Waals surface area contributed by atoms with Gasteiger partial charge in [0.05, 0.1) is 33.6 Å². The maximum Gasteiger partial charge on any atom is 0.272 e. The van der Waals surface area contributed by atoms with Crippen LogP contribution in [0.25, 0.3) is 28.0 Å². The van der Waals surface area contributed by atoms with Crippen molar-refractivity contribution >= 4 is 28.4 Å². The Morgan fingerprint density at radius 3 is 2.88 bits per heavy atom. The van der Waals surface area contributed by atoms with Crippen molar-refractivity contribution in [3.8, 4) is 17.2 Å². The zero-order valence-electron chi connectivity index (χ0n) is 17.9. The van der Waals surface area contributed by atoms with Gasteiger partial charge < -0.3 is 10.5 Å². The fraction of sp³-hybridized carbons (Fsp3) is 0.217. The zero-order valence-corrected chi connectivity index (χ0v) is 18.7. The minimum Gasteiger partial charge on any atom is -0.486 e. The summed E-state index contributed by atoms with van der Waals surface area (Å²) in [6, 6.07) is 7.17. The zero-order chi connectivity index (χ0) is 24.4. The Morgan fingerprint density at radius 1 is 1.47 bits per heavy atom. The second-order valence-corrected chi connectivity index (χ2v) is 8.05. The maximum atomic E-state index is 13.4. The van der Waals surface area contributed by atoms with Crippen LogP contribution >= 0.6 is 11.6 Å². The summed E-state index contributed by atoms with van der Waals surface area (Å²) in [5, 5.41) is 21.2. The van der Waals surface area contributed by atoms with Gasteiger partial charge in [0, 0.05) is 37.0 Å². The number of nitrogens with zero attached hydrogens (tertiary/aromatic N) is 4. The third-order valence-electron chi connectivity index (χ3n) is 5.33. The van der Waals surface area contributed by atoms with Crippen LogP contribution in [0.2, 0.25) is 0 Å². The first-order chi connectivity index (χ1) is 16.4. The number of hydrogen-bond donors (Lipinski definition) is 2. The van der Waals surface area contributed by atoms with Crippen molar-refractivity contribution in [1.82, 2.24) is 20.0 Å². The van der Waals surface area contributed by atoms with E-state index in [1.165, 1.54) is 10.8 Å². The number of halogens is 3. The molecule has 1 aliphatic carbocycles. The lowest BCUT2D eigenvalue weighted by Gasteiger charge is -2.10. The van der Waals surface area contributed by atoms with Gasteiger partial charge in [0.25, 0.3) is 5.56 Å². The van der Waals surface area contributed by atoms with Gasteiger partial charge >= 0.3 is 0 Å². The van der Waals surface area contributed by atoms with E-state index in [-0.39, 0.29) is 41.2 Å². The van der Waals surface area contributed by atoms with Crippen molar-refractivity contribution in [3.63, 3.8) is 0 Å². The van der Waals surface area contributed by atoms with E-state index >= 15 is 0 Å². The van der Waals surface area contributed by atoms with Crippen molar-refractivity contribution < 1.29 is 13.5 Å². The number of nitrogens with two attached hydrogens (primary N) is 1. The van der Waals surface area contributed by atoms with Gasteiger partial charge in [0.2, 0.25) is 0 Å². The normalized spacial score (nSPS) is 18.8. The topological polar surface area (TPSA) is 123 Å². The van der Waals surface area contributed by atoms with E-state index in [0.29, 0.717) is 33.3 Å². The van der Waals surface area contributed by atoms with E-state index in [9.17, 15) is 18.8 Å². The van der Waals surface area contributed by atoms with Crippen LogP contribution in [-0.2, 0) is 18.3 Å². The molecule has 34 heavy (non-hydrogen) atoms. The first kappa shape index (κ1) is 23.4. The van der Waals surface area contributed by atoms with E-state index in [0.717, 1.165) is 6.08 Å². The Bertz CT molecular complexity index is 1450. The Hall–Kier alpha value is -3.81. The van der Waals surface area contributed by atoms with E-state index in [2.05, 4.69) is 15.3 Å².